The highest BCUT2D eigenvalue weighted by atomic mass is 16.4. The summed E-state index contributed by atoms with van der Waals surface area (Å²) in [5.41, 5.74) is 0.751. The lowest BCUT2D eigenvalue weighted by Gasteiger charge is -2.22. The Bertz CT molecular complexity index is 440. The average Bonchev–Trinajstić information content (AvgIpc) is 2.73. The maximum Gasteiger partial charge on any atom is 0.309 e. The summed E-state index contributed by atoms with van der Waals surface area (Å²) in [6.07, 6.45) is 3.27. The summed E-state index contributed by atoms with van der Waals surface area (Å²) in [6.45, 7) is 0. The van der Waals surface area contributed by atoms with Gasteiger partial charge in [-0.3, -0.25) is 9.59 Å². The maximum absolute atomic E-state index is 11.5. The minimum Gasteiger partial charge on any atom is -0.481 e. The van der Waals surface area contributed by atoms with E-state index < -0.39 is 17.9 Å². The number of aliphatic carboxylic acids is 1. The molecule has 86 valence electrons. The number of rotatable bonds is 2. The van der Waals surface area contributed by atoms with Gasteiger partial charge in [0.25, 0.3) is 0 Å². The molecule has 0 spiro atoms. The molecule has 6 heteroatoms. The van der Waals surface area contributed by atoms with Crippen molar-refractivity contribution in [1.29, 1.82) is 0 Å². The molecule has 0 saturated carbocycles. The standard InChI is InChI=1S/C10H13N3O3/c1-12-5-11-4-7(12)9-6(10(15)16)3-8(14)13(9)2/h4-6,9H,3H2,1-2H3,(H,15,16). The van der Waals surface area contributed by atoms with Crippen molar-refractivity contribution in [2.24, 2.45) is 13.0 Å². The van der Waals surface area contributed by atoms with E-state index in [-0.39, 0.29) is 12.3 Å². The van der Waals surface area contributed by atoms with E-state index in [4.69, 9.17) is 5.11 Å². The monoisotopic (exact) mass is 223 g/mol. The van der Waals surface area contributed by atoms with Gasteiger partial charge in [-0.2, -0.15) is 0 Å². The van der Waals surface area contributed by atoms with Crippen molar-refractivity contribution in [2.45, 2.75) is 12.5 Å². The van der Waals surface area contributed by atoms with Gasteiger partial charge in [-0.05, 0) is 0 Å². The smallest absolute Gasteiger partial charge is 0.309 e. The van der Waals surface area contributed by atoms with Crippen molar-refractivity contribution in [1.82, 2.24) is 14.5 Å². The summed E-state index contributed by atoms with van der Waals surface area (Å²) >= 11 is 0. The van der Waals surface area contributed by atoms with Crippen LogP contribution in [0.15, 0.2) is 12.5 Å². The molecule has 0 bridgehead atoms. The molecule has 2 rings (SSSR count). The minimum atomic E-state index is -0.941. The van der Waals surface area contributed by atoms with Crippen LogP contribution in [0.4, 0.5) is 0 Å². The summed E-state index contributed by atoms with van der Waals surface area (Å²) in [7, 11) is 3.42. The second-order valence-corrected chi connectivity index (χ2v) is 4.03. The summed E-state index contributed by atoms with van der Waals surface area (Å²) in [5.74, 6) is -1.77. The highest BCUT2D eigenvalue weighted by Crippen LogP contribution is 2.36. The number of aryl methyl sites for hydroxylation is 1. The van der Waals surface area contributed by atoms with E-state index in [2.05, 4.69) is 4.98 Å². The lowest BCUT2D eigenvalue weighted by Crippen LogP contribution is -2.28. The molecule has 1 fully saturated rings. The third-order valence-corrected chi connectivity index (χ3v) is 3.06. The maximum atomic E-state index is 11.5. The van der Waals surface area contributed by atoms with Gasteiger partial charge in [0.1, 0.15) is 0 Å². The van der Waals surface area contributed by atoms with Crippen LogP contribution in [0.1, 0.15) is 18.2 Å². The van der Waals surface area contributed by atoms with Crippen molar-refractivity contribution in [3.05, 3.63) is 18.2 Å². The van der Waals surface area contributed by atoms with Gasteiger partial charge in [-0.25, -0.2) is 4.98 Å². The first-order valence-corrected chi connectivity index (χ1v) is 4.97. The quantitative estimate of drug-likeness (QED) is 0.767. The number of carboxylic acid groups (broad SMARTS) is 1. The summed E-state index contributed by atoms with van der Waals surface area (Å²) in [6, 6.07) is -0.419. The van der Waals surface area contributed by atoms with Crippen LogP contribution in [0, 0.1) is 5.92 Å². The van der Waals surface area contributed by atoms with Crippen LogP contribution in [0.25, 0.3) is 0 Å². The predicted molar refractivity (Wildman–Crippen MR) is 54.5 cm³/mol. The van der Waals surface area contributed by atoms with Crippen LogP contribution >= 0.6 is 0 Å². The first kappa shape index (κ1) is 10.7. The fourth-order valence-electron chi connectivity index (χ4n) is 2.15. The Morgan fingerprint density at radius 3 is 2.75 bits per heavy atom. The Hall–Kier alpha value is -1.85. The van der Waals surface area contributed by atoms with E-state index in [9.17, 15) is 9.59 Å². The summed E-state index contributed by atoms with van der Waals surface area (Å²) in [5, 5.41) is 9.10. The second kappa shape index (κ2) is 3.62. The molecule has 1 N–H and O–H groups in total. The van der Waals surface area contributed by atoms with Crippen molar-refractivity contribution < 1.29 is 14.7 Å². The van der Waals surface area contributed by atoms with E-state index >= 15 is 0 Å². The van der Waals surface area contributed by atoms with Crippen LogP contribution in [-0.2, 0) is 16.6 Å². The largest absolute Gasteiger partial charge is 0.481 e. The number of aromatic nitrogens is 2. The van der Waals surface area contributed by atoms with Gasteiger partial charge in [0.05, 0.1) is 30.2 Å². The number of amides is 1. The zero-order chi connectivity index (χ0) is 11.9. The number of likely N-dealkylation sites (tertiary alicyclic amines) is 1. The van der Waals surface area contributed by atoms with E-state index in [0.717, 1.165) is 5.69 Å². The molecule has 2 unspecified atom stereocenters. The lowest BCUT2D eigenvalue weighted by atomic mass is 9.98. The fraction of sp³-hybridized carbons (Fsp3) is 0.500. The molecule has 2 atom stereocenters. The van der Waals surface area contributed by atoms with Crippen molar-refractivity contribution >= 4 is 11.9 Å². The molecular formula is C10H13N3O3. The van der Waals surface area contributed by atoms with Gasteiger partial charge >= 0.3 is 5.97 Å². The van der Waals surface area contributed by atoms with Crippen molar-refractivity contribution in [3.8, 4) is 0 Å². The Morgan fingerprint density at radius 1 is 1.56 bits per heavy atom. The second-order valence-electron chi connectivity index (χ2n) is 4.03. The first-order valence-electron chi connectivity index (χ1n) is 4.97. The zero-order valence-electron chi connectivity index (χ0n) is 9.12. The number of imidazole rings is 1. The molecule has 0 radical (unpaired) electrons. The number of hydrogen-bond acceptors (Lipinski definition) is 3. The summed E-state index contributed by atoms with van der Waals surface area (Å²) in [4.78, 5) is 28.1. The zero-order valence-corrected chi connectivity index (χ0v) is 9.12. The van der Waals surface area contributed by atoms with Gasteiger partial charge in [0, 0.05) is 20.5 Å². The van der Waals surface area contributed by atoms with Gasteiger partial charge in [0.15, 0.2) is 0 Å². The molecule has 16 heavy (non-hydrogen) atoms. The summed E-state index contributed by atoms with van der Waals surface area (Å²) < 4.78 is 1.75. The number of hydrogen-bond donors (Lipinski definition) is 1. The van der Waals surface area contributed by atoms with Gasteiger partial charge in [-0.15, -0.1) is 0 Å². The normalized spacial score (nSPS) is 25.1. The van der Waals surface area contributed by atoms with Crippen molar-refractivity contribution in [2.75, 3.05) is 7.05 Å². The Kier molecular flexibility index (Phi) is 2.41. The van der Waals surface area contributed by atoms with E-state index in [1.165, 1.54) is 4.90 Å². The molecule has 0 aromatic carbocycles. The van der Waals surface area contributed by atoms with E-state index in [1.807, 2.05) is 0 Å². The van der Waals surface area contributed by atoms with Gasteiger partial charge < -0.3 is 14.6 Å². The third-order valence-electron chi connectivity index (χ3n) is 3.06. The molecule has 1 amide bonds. The lowest BCUT2D eigenvalue weighted by molar-refractivity contribution is -0.142. The number of carboxylic acids is 1. The molecule has 0 aliphatic carbocycles. The van der Waals surface area contributed by atoms with E-state index in [0.29, 0.717) is 0 Å². The first-order chi connectivity index (χ1) is 7.52. The Labute approximate surface area is 92.5 Å². The number of nitrogens with zero attached hydrogens (tertiary/aromatic N) is 3. The molecule has 2 heterocycles. The molecule has 1 aromatic heterocycles. The predicted octanol–water partition coefficient (Wildman–Crippen LogP) is 0.0241. The fourth-order valence-corrected chi connectivity index (χ4v) is 2.15. The molecule has 1 aliphatic heterocycles. The molecule has 6 nitrogen and oxygen atoms in total. The Balaban J connectivity index is 2.40. The van der Waals surface area contributed by atoms with Crippen LogP contribution in [0.2, 0.25) is 0 Å². The topological polar surface area (TPSA) is 75.4 Å². The van der Waals surface area contributed by atoms with Gasteiger partial charge in [-0.1, -0.05) is 0 Å². The molecule has 1 aliphatic rings. The van der Waals surface area contributed by atoms with Crippen LogP contribution in [0.3, 0.4) is 0 Å². The minimum absolute atomic E-state index is 0.0572. The molecule has 1 saturated heterocycles. The number of carbonyl (C=O) groups excluding carboxylic acids is 1. The molecular weight excluding hydrogens is 210 g/mol. The van der Waals surface area contributed by atoms with Crippen LogP contribution in [0.5, 0.6) is 0 Å². The SMILES string of the molecule is CN1C(=O)CC(C(=O)O)C1c1cncn1C. The average molecular weight is 223 g/mol. The van der Waals surface area contributed by atoms with Crippen LogP contribution < -0.4 is 0 Å². The van der Waals surface area contributed by atoms with Crippen molar-refractivity contribution in [3.63, 3.8) is 0 Å². The highest BCUT2D eigenvalue weighted by molar-refractivity contribution is 5.87. The number of carbonyl (C=O) groups is 2. The Morgan fingerprint density at radius 2 is 2.25 bits per heavy atom. The van der Waals surface area contributed by atoms with Gasteiger partial charge in [0.2, 0.25) is 5.91 Å². The highest BCUT2D eigenvalue weighted by Gasteiger charge is 2.43. The van der Waals surface area contributed by atoms with E-state index in [1.54, 1.807) is 31.2 Å². The molecule has 1 aromatic rings. The van der Waals surface area contributed by atoms with Crippen LogP contribution in [-0.4, -0.2) is 38.5 Å². The third kappa shape index (κ3) is 1.46.